The third kappa shape index (κ3) is 3.30. The summed E-state index contributed by atoms with van der Waals surface area (Å²) in [5.41, 5.74) is 3.50. The lowest BCUT2D eigenvalue weighted by atomic mass is 9.96. The first kappa shape index (κ1) is 16.2. The van der Waals surface area contributed by atoms with Gasteiger partial charge < -0.3 is 4.90 Å². The first-order valence-electron chi connectivity index (χ1n) is 9.26. The number of aromatic nitrogens is 4. The summed E-state index contributed by atoms with van der Waals surface area (Å²) in [6.07, 6.45) is 5.52. The van der Waals surface area contributed by atoms with E-state index in [1.54, 1.807) is 16.8 Å². The van der Waals surface area contributed by atoms with Crippen LogP contribution in [0.3, 0.4) is 0 Å². The van der Waals surface area contributed by atoms with Crippen LogP contribution < -0.4 is 10.5 Å². The van der Waals surface area contributed by atoms with Crippen molar-refractivity contribution in [3.8, 4) is 0 Å². The van der Waals surface area contributed by atoms with Gasteiger partial charge in [-0.05, 0) is 57.9 Å². The first-order chi connectivity index (χ1) is 12.1. The maximum Gasteiger partial charge on any atom is 0.266 e. The number of aryl methyl sites for hydroxylation is 3. The highest BCUT2D eigenvalue weighted by Gasteiger charge is 2.26. The van der Waals surface area contributed by atoms with Gasteiger partial charge in [-0.2, -0.15) is 5.10 Å². The van der Waals surface area contributed by atoms with E-state index in [9.17, 15) is 4.79 Å². The fraction of sp³-hybridized carbons (Fsp3) is 0.579. The van der Waals surface area contributed by atoms with Gasteiger partial charge in [0.25, 0.3) is 5.56 Å². The predicted molar refractivity (Wildman–Crippen MR) is 97.0 cm³/mol. The summed E-state index contributed by atoms with van der Waals surface area (Å²) in [4.78, 5) is 23.8. The quantitative estimate of drug-likeness (QED) is 0.856. The van der Waals surface area contributed by atoms with Crippen molar-refractivity contribution in [3.63, 3.8) is 0 Å². The van der Waals surface area contributed by atoms with Crippen molar-refractivity contribution in [1.82, 2.24) is 19.7 Å². The SMILES string of the molecule is Cc1ccc(=O)n(CC2CCN(c3nc(C)nc4c3CCC4)CC2)n1. The van der Waals surface area contributed by atoms with Crippen molar-refractivity contribution in [2.45, 2.75) is 52.5 Å². The molecule has 25 heavy (non-hydrogen) atoms. The van der Waals surface area contributed by atoms with Crippen LogP contribution in [0.25, 0.3) is 0 Å². The van der Waals surface area contributed by atoms with Crippen molar-refractivity contribution in [2.75, 3.05) is 18.0 Å². The molecule has 1 saturated heterocycles. The monoisotopic (exact) mass is 339 g/mol. The summed E-state index contributed by atoms with van der Waals surface area (Å²) in [7, 11) is 0. The van der Waals surface area contributed by atoms with Gasteiger partial charge in [-0.25, -0.2) is 14.6 Å². The second-order valence-corrected chi connectivity index (χ2v) is 7.30. The number of nitrogens with zero attached hydrogens (tertiary/aromatic N) is 5. The summed E-state index contributed by atoms with van der Waals surface area (Å²) in [6, 6.07) is 3.39. The zero-order chi connectivity index (χ0) is 17.4. The van der Waals surface area contributed by atoms with E-state index in [1.807, 2.05) is 13.8 Å². The van der Waals surface area contributed by atoms with Gasteiger partial charge >= 0.3 is 0 Å². The van der Waals surface area contributed by atoms with E-state index in [0.717, 1.165) is 62.7 Å². The van der Waals surface area contributed by atoms with Gasteiger partial charge in [0.2, 0.25) is 0 Å². The van der Waals surface area contributed by atoms with Crippen molar-refractivity contribution in [1.29, 1.82) is 0 Å². The lowest BCUT2D eigenvalue weighted by molar-refractivity contribution is 0.333. The van der Waals surface area contributed by atoms with Crippen LogP contribution in [0.4, 0.5) is 5.82 Å². The Hall–Kier alpha value is -2.24. The van der Waals surface area contributed by atoms with E-state index in [4.69, 9.17) is 4.98 Å². The van der Waals surface area contributed by atoms with Crippen LogP contribution in [0.1, 0.15) is 42.0 Å². The molecule has 4 rings (SSSR count). The molecule has 6 nitrogen and oxygen atoms in total. The molecule has 0 aromatic carbocycles. The van der Waals surface area contributed by atoms with E-state index in [2.05, 4.69) is 15.0 Å². The van der Waals surface area contributed by atoms with Crippen molar-refractivity contribution in [2.24, 2.45) is 5.92 Å². The molecule has 132 valence electrons. The maximum absolute atomic E-state index is 12.0. The molecule has 0 radical (unpaired) electrons. The summed E-state index contributed by atoms with van der Waals surface area (Å²) in [5.74, 6) is 2.54. The molecule has 6 heteroatoms. The number of hydrogen-bond acceptors (Lipinski definition) is 5. The molecule has 1 aliphatic heterocycles. The average molecular weight is 339 g/mol. The Kier molecular flexibility index (Phi) is 4.27. The van der Waals surface area contributed by atoms with Crippen LogP contribution in [-0.2, 0) is 19.4 Å². The Morgan fingerprint density at radius 2 is 1.92 bits per heavy atom. The fourth-order valence-corrected chi connectivity index (χ4v) is 4.05. The van der Waals surface area contributed by atoms with Gasteiger partial charge in [0.15, 0.2) is 0 Å². The van der Waals surface area contributed by atoms with E-state index in [-0.39, 0.29) is 5.56 Å². The van der Waals surface area contributed by atoms with Crippen LogP contribution in [0.5, 0.6) is 0 Å². The highest BCUT2D eigenvalue weighted by molar-refractivity contribution is 5.51. The van der Waals surface area contributed by atoms with Gasteiger partial charge in [-0.3, -0.25) is 4.79 Å². The minimum Gasteiger partial charge on any atom is -0.356 e. The molecular weight excluding hydrogens is 314 g/mol. The summed E-state index contributed by atoms with van der Waals surface area (Å²) in [6.45, 7) is 6.62. The number of hydrogen-bond donors (Lipinski definition) is 0. The van der Waals surface area contributed by atoms with Gasteiger partial charge in [0, 0.05) is 37.0 Å². The molecular formula is C19H25N5O. The minimum absolute atomic E-state index is 0.00252. The Bertz CT molecular complexity index is 836. The van der Waals surface area contributed by atoms with Gasteiger partial charge in [-0.1, -0.05) is 0 Å². The molecule has 0 amide bonds. The second kappa shape index (κ2) is 6.58. The minimum atomic E-state index is -0.00252. The van der Waals surface area contributed by atoms with Crippen LogP contribution in [0.2, 0.25) is 0 Å². The molecule has 2 aliphatic rings. The zero-order valence-corrected chi connectivity index (χ0v) is 15.0. The number of piperidine rings is 1. The van der Waals surface area contributed by atoms with Gasteiger partial charge in [0.1, 0.15) is 11.6 Å². The Labute approximate surface area is 147 Å². The number of rotatable bonds is 3. The standard InChI is InChI=1S/C19H25N5O/c1-13-6-7-18(25)24(22-13)12-15-8-10-23(11-9-15)19-16-4-3-5-17(16)20-14(2)21-19/h6-7,15H,3-5,8-12H2,1-2H3. The third-order valence-electron chi connectivity index (χ3n) is 5.37. The van der Waals surface area contributed by atoms with Crippen molar-refractivity contribution in [3.05, 3.63) is 45.3 Å². The fourth-order valence-electron chi connectivity index (χ4n) is 4.05. The second-order valence-electron chi connectivity index (χ2n) is 7.30. The third-order valence-corrected chi connectivity index (χ3v) is 5.37. The summed E-state index contributed by atoms with van der Waals surface area (Å²) < 4.78 is 1.63. The topological polar surface area (TPSA) is 63.9 Å². The number of anilines is 1. The van der Waals surface area contributed by atoms with E-state index in [1.165, 1.54) is 17.7 Å². The van der Waals surface area contributed by atoms with Gasteiger partial charge in [0.05, 0.1) is 5.69 Å². The molecule has 0 unspecified atom stereocenters. The largest absolute Gasteiger partial charge is 0.356 e. The molecule has 0 saturated carbocycles. The van der Waals surface area contributed by atoms with Gasteiger partial charge in [-0.15, -0.1) is 0 Å². The molecule has 1 fully saturated rings. The molecule has 0 spiro atoms. The molecule has 2 aromatic rings. The molecule has 1 aliphatic carbocycles. The summed E-state index contributed by atoms with van der Waals surface area (Å²) >= 11 is 0. The van der Waals surface area contributed by atoms with Crippen molar-refractivity contribution < 1.29 is 0 Å². The highest BCUT2D eigenvalue weighted by atomic mass is 16.1. The average Bonchev–Trinajstić information content (AvgIpc) is 3.06. The van der Waals surface area contributed by atoms with Crippen molar-refractivity contribution >= 4 is 5.82 Å². The first-order valence-corrected chi connectivity index (χ1v) is 9.26. The van der Waals surface area contributed by atoms with Crippen LogP contribution in [0.15, 0.2) is 16.9 Å². The Morgan fingerprint density at radius 1 is 1.12 bits per heavy atom. The predicted octanol–water partition coefficient (Wildman–Crippen LogP) is 2.06. The highest BCUT2D eigenvalue weighted by Crippen LogP contribution is 2.31. The number of fused-ring (bicyclic) bond motifs is 1. The molecule has 0 bridgehead atoms. The van der Waals surface area contributed by atoms with Crippen LogP contribution >= 0.6 is 0 Å². The van der Waals surface area contributed by atoms with E-state index in [0.29, 0.717) is 5.92 Å². The Balaban J connectivity index is 1.46. The van der Waals surface area contributed by atoms with Crippen LogP contribution in [-0.4, -0.2) is 32.8 Å². The molecule has 3 heterocycles. The maximum atomic E-state index is 12.0. The van der Waals surface area contributed by atoms with Crippen LogP contribution in [0, 0.1) is 19.8 Å². The normalized spacial score (nSPS) is 17.8. The zero-order valence-electron chi connectivity index (χ0n) is 15.0. The van der Waals surface area contributed by atoms with E-state index >= 15 is 0 Å². The smallest absolute Gasteiger partial charge is 0.266 e. The molecule has 0 atom stereocenters. The lowest BCUT2D eigenvalue weighted by Gasteiger charge is -2.34. The summed E-state index contributed by atoms with van der Waals surface area (Å²) in [5, 5.41) is 4.37. The lowest BCUT2D eigenvalue weighted by Crippen LogP contribution is -2.38. The molecule has 0 N–H and O–H groups in total. The van der Waals surface area contributed by atoms with E-state index < -0.39 is 0 Å². The molecule has 2 aromatic heterocycles. The Morgan fingerprint density at radius 3 is 2.72 bits per heavy atom.